The number of alkyl halides is 3. The van der Waals surface area contributed by atoms with Crippen LogP contribution in [0.4, 0.5) is 35.2 Å². The molecule has 0 aromatic carbocycles. The van der Waals surface area contributed by atoms with Crippen LogP contribution in [0.15, 0.2) is 12.3 Å². The van der Waals surface area contributed by atoms with E-state index in [1.165, 1.54) is 6.07 Å². The summed E-state index contributed by atoms with van der Waals surface area (Å²) in [5.74, 6) is 0.244. The molecule has 0 spiro atoms. The zero-order valence-corrected chi connectivity index (χ0v) is 17.0. The van der Waals surface area contributed by atoms with Gasteiger partial charge in [0, 0.05) is 18.2 Å². The van der Waals surface area contributed by atoms with E-state index < -0.39 is 35.0 Å². The monoisotopic (exact) mass is 433 g/mol. The molecule has 1 heterocycles. The number of rotatable bonds is 6. The Labute approximate surface area is 171 Å². The lowest BCUT2D eigenvalue weighted by molar-refractivity contribution is -0.384. The average molecular weight is 433 g/mol. The third kappa shape index (κ3) is 7.91. The lowest BCUT2D eigenvalue weighted by atomic mass is 9.91. The van der Waals surface area contributed by atoms with Gasteiger partial charge in [-0.1, -0.05) is 0 Å². The molecule has 0 bridgehead atoms. The first-order valence-electron chi connectivity index (χ1n) is 9.53. The molecule has 12 heteroatoms. The Morgan fingerprint density at radius 3 is 2.37 bits per heavy atom. The van der Waals surface area contributed by atoms with E-state index in [9.17, 15) is 28.1 Å². The SMILES string of the molecule is CC(C)(C)OC(=O)NC1CCC(Nc2cc(NCC(F)(F)F)c([N+](=O)[O-])cn2)CC1. The van der Waals surface area contributed by atoms with Gasteiger partial charge < -0.3 is 20.7 Å². The average Bonchev–Trinajstić information content (AvgIpc) is 2.59. The highest BCUT2D eigenvalue weighted by Gasteiger charge is 2.29. The van der Waals surface area contributed by atoms with Crippen LogP contribution in [-0.4, -0.2) is 46.4 Å². The van der Waals surface area contributed by atoms with Gasteiger partial charge in [0.15, 0.2) is 0 Å². The highest BCUT2D eigenvalue weighted by Crippen LogP contribution is 2.29. The number of ether oxygens (including phenoxy) is 1. The van der Waals surface area contributed by atoms with Gasteiger partial charge in [-0.3, -0.25) is 10.1 Å². The van der Waals surface area contributed by atoms with E-state index in [-0.39, 0.29) is 23.6 Å². The molecular weight excluding hydrogens is 407 g/mol. The van der Waals surface area contributed by atoms with Crippen molar-refractivity contribution >= 4 is 23.3 Å². The summed E-state index contributed by atoms with van der Waals surface area (Å²) >= 11 is 0. The predicted molar refractivity (Wildman–Crippen MR) is 104 cm³/mol. The van der Waals surface area contributed by atoms with Gasteiger partial charge in [0.2, 0.25) is 0 Å². The van der Waals surface area contributed by atoms with Crippen molar-refractivity contribution in [3.63, 3.8) is 0 Å². The van der Waals surface area contributed by atoms with Crippen molar-refractivity contribution in [2.24, 2.45) is 0 Å². The van der Waals surface area contributed by atoms with Gasteiger partial charge >= 0.3 is 18.0 Å². The molecule has 30 heavy (non-hydrogen) atoms. The minimum absolute atomic E-state index is 0.0221. The molecule has 3 N–H and O–H groups in total. The zero-order chi connectivity index (χ0) is 22.5. The van der Waals surface area contributed by atoms with Gasteiger partial charge in [-0.2, -0.15) is 13.2 Å². The third-order valence-electron chi connectivity index (χ3n) is 4.36. The van der Waals surface area contributed by atoms with Crippen molar-refractivity contribution in [2.75, 3.05) is 17.2 Å². The van der Waals surface area contributed by atoms with E-state index in [0.29, 0.717) is 25.7 Å². The lowest BCUT2D eigenvalue weighted by Crippen LogP contribution is -2.42. The molecule has 0 radical (unpaired) electrons. The molecule has 1 amide bonds. The Morgan fingerprint density at radius 1 is 1.23 bits per heavy atom. The van der Waals surface area contributed by atoms with Crippen LogP contribution in [-0.2, 0) is 4.74 Å². The topological polar surface area (TPSA) is 118 Å². The first-order valence-corrected chi connectivity index (χ1v) is 9.53. The van der Waals surface area contributed by atoms with Gasteiger partial charge in [-0.05, 0) is 46.5 Å². The molecule has 9 nitrogen and oxygen atoms in total. The maximum absolute atomic E-state index is 12.5. The summed E-state index contributed by atoms with van der Waals surface area (Å²) in [6.07, 6.45) is -1.32. The Morgan fingerprint density at radius 2 is 1.83 bits per heavy atom. The number of alkyl carbamates (subject to hydrolysis) is 1. The molecule has 1 saturated carbocycles. The molecule has 1 aliphatic carbocycles. The maximum Gasteiger partial charge on any atom is 0.407 e. The summed E-state index contributed by atoms with van der Waals surface area (Å²) in [6, 6.07) is 1.15. The van der Waals surface area contributed by atoms with Crippen molar-refractivity contribution in [1.29, 1.82) is 0 Å². The van der Waals surface area contributed by atoms with Crippen molar-refractivity contribution in [3.8, 4) is 0 Å². The summed E-state index contributed by atoms with van der Waals surface area (Å²) in [6.45, 7) is 3.95. The van der Waals surface area contributed by atoms with Crippen LogP contribution in [0.25, 0.3) is 0 Å². The number of nitrogens with one attached hydrogen (secondary N) is 3. The molecule has 0 unspecified atom stereocenters. The number of hydrogen-bond acceptors (Lipinski definition) is 7. The number of anilines is 2. The fourth-order valence-electron chi connectivity index (χ4n) is 3.08. The molecule has 168 valence electrons. The number of carbonyl (C=O) groups is 1. The van der Waals surface area contributed by atoms with Crippen LogP contribution in [0.2, 0.25) is 0 Å². The van der Waals surface area contributed by atoms with E-state index in [1.54, 1.807) is 20.8 Å². The highest BCUT2D eigenvalue weighted by molar-refractivity contribution is 5.68. The van der Waals surface area contributed by atoms with E-state index in [2.05, 4.69) is 20.9 Å². The van der Waals surface area contributed by atoms with Gasteiger partial charge in [0.05, 0.1) is 4.92 Å². The second-order valence-electron chi connectivity index (χ2n) is 8.15. The number of carbonyl (C=O) groups excluding carboxylic acids is 1. The number of nitrogens with zero attached hydrogens (tertiary/aromatic N) is 2. The Balaban J connectivity index is 1.92. The number of pyridine rings is 1. The third-order valence-corrected chi connectivity index (χ3v) is 4.36. The number of aromatic nitrogens is 1. The molecule has 2 rings (SSSR count). The lowest BCUT2D eigenvalue weighted by Gasteiger charge is -2.30. The number of halogens is 3. The van der Waals surface area contributed by atoms with Crippen molar-refractivity contribution in [1.82, 2.24) is 10.3 Å². The highest BCUT2D eigenvalue weighted by atomic mass is 19.4. The summed E-state index contributed by atoms with van der Waals surface area (Å²) < 4.78 is 42.6. The van der Waals surface area contributed by atoms with Crippen molar-refractivity contribution < 1.29 is 27.6 Å². The fourth-order valence-corrected chi connectivity index (χ4v) is 3.08. The van der Waals surface area contributed by atoms with Gasteiger partial charge in [0.1, 0.15) is 29.8 Å². The standard InChI is InChI=1S/C18H26F3N5O4/c1-17(2,3)30-16(27)25-12-6-4-11(5-7-12)24-15-8-13(23-10-18(19,20)21)14(9-22-15)26(28)29/h8-9,11-12H,4-7,10H2,1-3H3,(H,25,27)(H2,22,23,24). The van der Waals surface area contributed by atoms with Crippen molar-refractivity contribution in [3.05, 3.63) is 22.4 Å². The Bertz CT molecular complexity index is 759. The molecule has 0 atom stereocenters. The van der Waals surface area contributed by atoms with E-state index >= 15 is 0 Å². The smallest absolute Gasteiger partial charge is 0.407 e. The first-order chi connectivity index (χ1) is 13.8. The second kappa shape index (κ2) is 9.35. The van der Waals surface area contributed by atoms with Crippen LogP contribution in [0, 0.1) is 10.1 Å². The largest absolute Gasteiger partial charge is 0.444 e. The summed E-state index contributed by atoms with van der Waals surface area (Å²) in [4.78, 5) is 26.0. The summed E-state index contributed by atoms with van der Waals surface area (Å²) in [5.41, 5.74) is -1.37. The van der Waals surface area contributed by atoms with Crippen LogP contribution in [0.5, 0.6) is 0 Å². The minimum atomic E-state index is -4.51. The number of amides is 1. The summed E-state index contributed by atoms with van der Waals surface area (Å²) in [7, 11) is 0. The van der Waals surface area contributed by atoms with Gasteiger partial charge in [-0.25, -0.2) is 9.78 Å². The fraction of sp³-hybridized carbons (Fsp3) is 0.667. The normalized spacial score (nSPS) is 19.7. The quantitative estimate of drug-likeness (QED) is 0.454. The van der Waals surface area contributed by atoms with Crippen LogP contribution in [0.3, 0.4) is 0 Å². The van der Waals surface area contributed by atoms with Crippen LogP contribution < -0.4 is 16.0 Å². The molecule has 1 fully saturated rings. The van der Waals surface area contributed by atoms with E-state index in [4.69, 9.17) is 4.74 Å². The molecule has 0 saturated heterocycles. The maximum atomic E-state index is 12.5. The van der Waals surface area contributed by atoms with Crippen LogP contribution in [0.1, 0.15) is 46.5 Å². The predicted octanol–water partition coefficient (Wildman–Crippen LogP) is 4.21. The van der Waals surface area contributed by atoms with Gasteiger partial charge in [0.25, 0.3) is 0 Å². The zero-order valence-electron chi connectivity index (χ0n) is 17.0. The van der Waals surface area contributed by atoms with Crippen LogP contribution >= 0.6 is 0 Å². The van der Waals surface area contributed by atoms with E-state index in [0.717, 1.165) is 6.20 Å². The molecule has 1 aromatic heterocycles. The molecule has 1 aromatic rings. The molecular formula is C18H26F3N5O4. The number of hydrogen-bond donors (Lipinski definition) is 3. The molecule has 0 aliphatic heterocycles. The van der Waals surface area contributed by atoms with Gasteiger partial charge in [-0.15, -0.1) is 0 Å². The Hall–Kier alpha value is -2.79. The minimum Gasteiger partial charge on any atom is -0.444 e. The molecule has 1 aliphatic rings. The summed E-state index contributed by atoms with van der Waals surface area (Å²) in [5, 5.41) is 19.0. The van der Waals surface area contributed by atoms with Crippen molar-refractivity contribution in [2.45, 2.75) is 70.3 Å². The second-order valence-corrected chi connectivity index (χ2v) is 8.15. The first kappa shape index (κ1) is 23.5. The van der Waals surface area contributed by atoms with E-state index in [1.807, 2.05) is 0 Å². The Kier molecular flexibility index (Phi) is 7.32. The number of nitro groups is 1.